The monoisotopic (exact) mass is 540 g/mol. The van der Waals surface area contributed by atoms with Gasteiger partial charge in [-0.1, -0.05) is 26.0 Å². The highest BCUT2D eigenvalue weighted by Crippen LogP contribution is 2.39. The van der Waals surface area contributed by atoms with Crippen LogP contribution < -0.4 is 4.74 Å². The Bertz CT molecular complexity index is 1480. The fraction of sp³-hybridized carbons (Fsp3) is 0.143. The van der Waals surface area contributed by atoms with Crippen LogP contribution in [0.2, 0.25) is 0 Å². The van der Waals surface area contributed by atoms with Crippen LogP contribution in [0.25, 0.3) is 22.3 Å². The second kappa shape index (κ2) is 10.1. The third kappa shape index (κ3) is 5.20. The van der Waals surface area contributed by atoms with E-state index in [1.807, 2.05) is 13.8 Å². The second-order valence-corrected chi connectivity index (χ2v) is 8.72. The Labute approximate surface area is 211 Å². The number of benzene rings is 4. The van der Waals surface area contributed by atoms with Gasteiger partial charge in [0.2, 0.25) is 0 Å². The van der Waals surface area contributed by atoms with Crippen molar-refractivity contribution in [2.45, 2.75) is 25.9 Å². The van der Waals surface area contributed by atoms with E-state index in [1.165, 1.54) is 18.2 Å². The number of hydrogen-bond acceptors (Lipinski definition) is 1. The first-order chi connectivity index (χ1) is 17.8. The first-order valence-electron chi connectivity index (χ1n) is 11.1. The molecule has 0 unspecified atom stereocenters. The molecule has 0 aliphatic rings. The van der Waals surface area contributed by atoms with Gasteiger partial charge >= 0.3 is 6.11 Å². The summed E-state index contributed by atoms with van der Waals surface area (Å²) in [6, 6.07) is 8.00. The lowest BCUT2D eigenvalue weighted by molar-refractivity contribution is -0.189. The van der Waals surface area contributed by atoms with E-state index in [2.05, 4.69) is 4.74 Å². The van der Waals surface area contributed by atoms with Crippen molar-refractivity contribution in [3.63, 3.8) is 0 Å². The number of ether oxygens (including phenoxy) is 1. The molecule has 0 N–H and O–H groups in total. The quantitative estimate of drug-likeness (QED) is 0.175. The minimum Gasteiger partial charge on any atom is -0.429 e. The molecule has 38 heavy (non-hydrogen) atoms. The van der Waals surface area contributed by atoms with Gasteiger partial charge in [-0.15, -0.1) is 0 Å². The number of hydrogen-bond donors (Lipinski definition) is 0. The normalized spacial score (nSPS) is 11.8. The maximum atomic E-state index is 14.8. The van der Waals surface area contributed by atoms with E-state index in [-0.39, 0.29) is 17.0 Å². The third-order valence-corrected chi connectivity index (χ3v) is 5.79. The number of rotatable bonds is 6. The summed E-state index contributed by atoms with van der Waals surface area (Å²) in [5.41, 5.74) is -2.63. The summed E-state index contributed by atoms with van der Waals surface area (Å²) >= 11 is 0. The van der Waals surface area contributed by atoms with Crippen molar-refractivity contribution in [1.29, 1.82) is 0 Å². The van der Waals surface area contributed by atoms with Crippen molar-refractivity contribution in [3.8, 4) is 28.0 Å². The minimum absolute atomic E-state index is 0.0258. The largest absolute Gasteiger partial charge is 0.432 e. The topological polar surface area (TPSA) is 9.23 Å². The Morgan fingerprint density at radius 2 is 1.05 bits per heavy atom. The predicted molar refractivity (Wildman–Crippen MR) is 122 cm³/mol. The Hall–Kier alpha value is -3.95. The standard InChI is InChI=1S/C28H17F9O/c1-13(2)14-3-5-18(20(29)7-14)15-8-22(31)26(23(32)9-15)28(36,37)38-17-4-6-19(21(30)12-17)16-10-24(33)27(35)25(34)11-16/h3-13H,1-2H3. The Morgan fingerprint density at radius 1 is 0.579 bits per heavy atom. The van der Waals surface area contributed by atoms with Gasteiger partial charge in [0, 0.05) is 17.2 Å². The van der Waals surface area contributed by atoms with Crippen molar-refractivity contribution >= 4 is 0 Å². The molecule has 4 aromatic rings. The molecule has 0 saturated heterocycles. The fourth-order valence-electron chi connectivity index (χ4n) is 3.83. The summed E-state index contributed by atoms with van der Waals surface area (Å²) < 4.78 is 133. The van der Waals surface area contributed by atoms with Crippen LogP contribution in [0, 0.1) is 40.7 Å². The van der Waals surface area contributed by atoms with Crippen LogP contribution in [0.15, 0.2) is 60.7 Å². The van der Waals surface area contributed by atoms with Gasteiger partial charge in [0.25, 0.3) is 0 Å². The van der Waals surface area contributed by atoms with Gasteiger partial charge < -0.3 is 4.74 Å². The molecule has 0 saturated carbocycles. The van der Waals surface area contributed by atoms with Gasteiger partial charge in [-0.2, -0.15) is 8.78 Å². The van der Waals surface area contributed by atoms with E-state index in [0.717, 1.165) is 12.1 Å². The Kier molecular flexibility index (Phi) is 7.18. The molecule has 198 valence electrons. The molecule has 4 aromatic carbocycles. The van der Waals surface area contributed by atoms with Crippen LogP contribution in [0.5, 0.6) is 5.75 Å². The summed E-state index contributed by atoms with van der Waals surface area (Å²) in [6.45, 7) is 3.62. The molecule has 0 bridgehead atoms. The SMILES string of the molecule is CC(C)c1ccc(-c2cc(F)c(C(F)(F)Oc3ccc(-c4cc(F)c(F)c(F)c4)c(F)c3)c(F)c2)c(F)c1. The van der Waals surface area contributed by atoms with Crippen LogP contribution >= 0.6 is 0 Å². The number of halogens is 9. The minimum atomic E-state index is -4.64. The second-order valence-electron chi connectivity index (χ2n) is 8.72. The summed E-state index contributed by atoms with van der Waals surface area (Å²) in [7, 11) is 0. The molecule has 0 radical (unpaired) electrons. The van der Waals surface area contributed by atoms with Crippen LogP contribution in [0.1, 0.15) is 30.9 Å². The summed E-state index contributed by atoms with van der Waals surface area (Å²) in [6.07, 6.45) is -4.64. The smallest absolute Gasteiger partial charge is 0.429 e. The van der Waals surface area contributed by atoms with Crippen LogP contribution in [-0.4, -0.2) is 0 Å². The first-order valence-corrected chi connectivity index (χ1v) is 11.1. The van der Waals surface area contributed by atoms with Crippen LogP contribution in [0.4, 0.5) is 39.5 Å². The van der Waals surface area contributed by atoms with Crippen molar-refractivity contribution < 1.29 is 44.3 Å². The lowest BCUT2D eigenvalue weighted by Crippen LogP contribution is -2.25. The Balaban J connectivity index is 1.64. The van der Waals surface area contributed by atoms with E-state index in [0.29, 0.717) is 35.9 Å². The highest BCUT2D eigenvalue weighted by atomic mass is 19.3. The Morgan fingerprint density at radius 3 is 1.53 bits per heavy atom. The van der Waals surface area contributed by atoms with Crippen LogP contribution in [-0.2, 0) is 6.11 Å². The van der Waals surface area contributed by atoms with Gasteiger partial charge in [0.15, 0.2) is 17.5 Å². The van der Waals surface area contributed by atoms with Crippen molar-refractivity contribution in [1.82, 2.24) is 0 Å². The predicted octanol–water partition coefficient (Wildman–Crippen LogP) is 9.25. The molecular weight excluding hydrogens is 523 g/mol. The van der Waals surface area contributed by atoms with E-state index in [1.54, 1.807) is 0 Å². The average molecular weight is 540 g/mol. The van der Waals surface area contributed by atoms with E-state index < -0.39 is 69.3 Å². The van der Waals surface area contributed by atoms with Gasteiger partial charge in [0.05, 0.1) is 0 Å². The zero-order valence-electron chi connectivity index (χ0n) is 19.7. The molecule has 0 aromatic heterocycles. The third-order valence-electron chi connectivity index (χ3n) is 5.79. The zero-order chi connectivity index (χ0) is 27.9. The van der Waals surface area contributed by atoms with E-state index in [4.69, 9.17) is 0 Å². The summed E-state index contributed by atoms with van der Waals surface area (Å²) in [5, 5.41) is 0. The molecule has 0 amide bonds. The zero-order valence-corrected chi connectivity index (χ0v) is 19.7. The lowest BCUT2D eigenvalue weighted by Gasteiger charge is -2.20. The maximum Gasteiger partial charge on any atom is 0.432 e. The van der Waals surface area contributed by atoms with Gasteiger partial charge in [-0.3, -0.25) is 0 Å². The van der Waals surface area contributed by atoms with Crippen molar-refractivity contribution in [2.75, 3.05) is 0 Å². The molecule has 10 heteroatoms. The molecule has 0 atom stereocenters. The molecule has 0 spiro atoms. The maximum absolute atomic E-state index is 14.8. The molecule has 0 aliphatic carbocycles. The molecule has 0 heterocycles. The molecule has 0 aliphatic heterocycles. The molecule has 0 fully saturated rings. The van der Waals surface area contributed by atoms with Crippen molar-refractivity contribution in [3.05, 3.63) is 113 Å². The highest BCUT2D eigenvalue weighted by Gasteiger charge is 2.41. The first kappa shape index (κ1) is 27.1. The van der Waals surface area contributed by atoms with Gasteiger partial charge in [0.1, 0.15) is 34.6 Å². The van der Waals surface area contributed by atoms with Crippen LogP contribution in [0.3, 0.4) is 0 Å². The average Bonchev–Trinajstić information content (AvgIpc) is 2.81. The highest BCUT2D eigenvalue weighted by molar-refractivity contribution is 5.66. The summed E-state index contributed by atoms with van der Waals surface area (Å²) in [4.78, 5) is 0. The molecule has 4 rings (SSSR count). The summed E-state index contributed by atoms with van der Waals surface area (Å²) in [5.74, 6) is -11.5. The lowest BCUT2D eigenvalue weighted by atomic mass is 9.97. The van der Waals surface area contributed by atoms with Crippen molar-refractivity contribution in [2.24, 2.45) is 0 Å². The van der Waals surface area contributed by atoms with Gasteiger partial charge in [-0.05, 0) is 65.1 Å². The molecule has 1 nitrogen and oxygen atoms in total. The van der Waals surface area contributed by atoms with Gasteiger partial charge in [-0.25, -0.2) is 30.7 Å². The fourth-order valence-corrected chi connectivity index (χ4v) is 3.83. The number of alkyl halides is 2. The molecular formula is C28H17F9O. The van der Waals surface area contributed by atoms with E-state index >= 15 is 0 Å². The van der Waals surface area contributed by atoms with E-state index in [9.17, 15) is 39.5 Å².